The number of halogens is 1. The minimum absolute atomic E-state index is 0.177. The molecule has 1 unspecified atom stereocenters. The zero-order chi connectivity index (χ0) is 12.5. The van der Waals surface area contributed by atoms with Gasteiger partial charge in [-0.25, -0.2) is 4.39 Å². The Kier molecular flexibility index (Phi) is 3.50. The van der Waals surface area contributed by atoms with Gasteiger partial charge < -0.3 is 5.73 Å². The summed E-state index contributed by atoms with van der Waals surface area (Å²) < 4.78 is 12.8. The molecule has 0 aliphatic carbocycles. The molecule has 3 heteroatoms. The van der Waals surface area contributed by atoms with E-state index in [2.05, 4.69) is 18.7 Å². The van der Waals surface area contributed by atoms with Gasteiger partial charge in [0.15, 0.2) is 0 Å². The fourth-order valence-corrected chi connectivity index (χ4v) is 2.41. The van der Waals surface area contributed by atoms with E-state index in [0.717, 1.165) is 31.5 Å². The molecule has 0 bridgehead atoms. The molecule has 1 aromatic carbocycles. The van der Waals surface area contributed by atoms with E-state index in [-0.39, 0.29) is 17.4 Å². The van der Waals surface area contributed by atoms with E-state index in [1.807, 2.05) is 12.1 Å². The van der Waals surface area contributed by atoms with Gasteiger partial charge in [0.1, 0.15) is 5.82 Å². The highest BCUT2D eigenvalue weighted by molar-refractivity contribution is 5.16. The first kappa shape index (κ1) is 12.5. The highest BCUT2D eigenvalue weighted by Gasteiger charge is 2.32. The zero-order valence-corrected chi connectivity index (χ0v) is 10.6. The Labute approximate surface area is 103 Å². The molecule has 1 aliphatic rings. The molecule has 0 amide bonds. The topological polar surface area (TPSA) is 29.3 Å². The molecule has 1 aromatic rings. The maximum atomic E-state index is 12.8. The van der Waals surface area contributed by atoms with Crippen LogP contribution in [0.3, 0.4) is 0 Å². The van der Waals surface area contributed by atoms with Crippen LogP contribution in [0, 0.1) is 5.82 Å². The van der Waals surface area contributed by atoms with Gasteiger partial charge >= 0.3 is 0 Å². The second-order valence-corrected chi connectivity index (χ2v) is 5.62. The molecule has 94 valence electrons. The number of benzene rings is 1. The van der Waals surface area contributed by atoms with Gasteiger partial charge in [0.05, 0.1) is 0 Å². The maximum Gasteiger partial charge on any atom is 0.123 e. The number of likely N-dealkylation sites (tertiary alicyclic amines) is 1. The molecule has 1 heterocycles. The van der Waals surface area contributed by atoms with Crippen LogP contribution in [0.4, 0.5) is 4.39 Å². The fourth-order valence-electron chi connectivity index (χ4n) is 2.41. The predicted molar refractivity (Wildman–Crippen MR) is 68.1 cm³/mol. The van der Waals surface area contributed by atoms with Gasteiger partial charge in [0, 0.05) is 24.7 Å². The number of rotatable bonds is 2. The normalized spacial score (nSPS) is 24.8. The Morgan fingerprint density at radius 3 is 2.65 bits per heavy atom. The second kappa shape index (κ2) is 4.75. The third-order valence-electron chi connectivity index (χ3n) is 3.72. The van der Waals surface area contributed by atoms with Gasteiger partial charge in [0.25, 0.3) is 0 Å². The Bertz CT molecular complexity index is 372. The van der Waals surface area contributed by atoms with Crippen molar-refractivity contribution in [3.8, 4) is 0 Å². The highest BCUT2D eigenvalue weighted by atomic mass is 19.1. The molecule has 1 fully saturated rings. The van der Waals surface area contributed by atoms with Crippen LogP contribution in [-0.2, 0) is 6.54 Å². The smallest absolute Gasteiger partial charge is 0.123 e. The molecule has 1 atom stereocenters. The van der Waals surface area contributed by atoms with Gasteiger partial charge in [-0.15, -0.1) is 0 Å². The first-order valence-corrected chi connectivity index (χ1v) is 6.22. The summed E-state index contributed by atoms with van der Waals surface area (Å²) >= 11 is 0. The standard InChI is InChI=1S/C14H21FN2/c1-14(2)8-7-13(16)10-17(14)9-11-3-5-12(15)6-4-11/h3-6,13H,7-10,16H2,1-2H3. The summed E-state index contributed by atoms with van der Waals surface area (Å²) in [4.78, 5) is 2.40. The summed E-state index contributed by atoms with van der Waals surface area (Å²) in [6.07, 6.45) is 2.21. The summed E-state index contributed by atoms with van der Waals surface area (Å²) in [6, 6.07) is 7.01. The van der Waals surface area contributed by atoms with E-state index < -0.39 is 0 Å². The Hall–Kier alpha value is -0.930. The maximum absolute atomic E-state index is 12.8. The second-order valence-electron chi connectivity index (χ2n) is 5.62. The molecule has 0 aromatic heterocycles. The van der Waals surface area contributed by atoms with Crippen LogP contribution in [-0.4, -0.2) is 23.0 Å². The average Bonchev–Trinajstić information content (AvgIpc) is 2.27. The first-order chi connectivity index (χ1) is 7.97. The van der Waals surface area contributed by atoms with Crippen molar-refractivity contribution < 1.29 is 4.39 Å². The van der Waals surface area contributed by atoms with Gasteiger partial charge in [-0.2, -0.15) is 0 Å². The lowest BCUT2D eigenvalue weighted by Crippen LogP contribution is -2.53. The van der Waals surface area contributed by atoms with E-state index >= 15 is 0 Å². The lowest BCUT2D eigenvalue weighted by Gasteiger charge is -2.44. The largest absolute Gasteiger partial charge is 0.327 e. The third-order valence-corrected chi connectivity index (χ3v) is 3.72. The van der Waals surface area contributed by atoms with Crippen LogP contribution in [0.1, 0.15) is 32.3 Å². The van der Waals surface area contributed by atoms with Crippen molar-refractivity contribution in [2.75, 3.05) is 6.54 Å². The van der Waals surface area contributed by atoms with E-state index in [9.17, 15) is 4.39 Å². The van der Waals surface area contributed by atoms with Crippen LogP contribution < -0.4 is 5.73 Å². The lowest BCUT2D eigenvalue weighted by atomic mass is 9.88. The van der Waals surface area contributed by atoms with E-state index in [1.54, 1.807) is 0 Å². The van der Waals surface area contributed by atoms with Crippen LogP contribution in [0.25, 0.3) is 0 Å². The van der Waals surface area contributed by atoms with Crippen molar-refractivity contribution >= 4 is 0 Å². The van der Waals surface area contributed by atoms with Crippen LogP contribution >= 0.6 is 0 Å². The number of nitrogens with two attached hydrogens (primary N) is 1. The molecular formula is C14H21FN2. The van der Waals surface area contributed by atoms with E-state index in [1.165, 1.54) is 12.1 Å². The summed E-state index contributed by atoms with van der Waals surface area (Å²) in [7, 11) is 0. The number of hydrogen-bond donors (Lipinski definition) is 1. The molecular weight excluding hydrogens is 215 g/mol. The molecule has 1 saturated heterocycles. The quantitative estimate of drug-likeness (QED) is 0.855. The molecule has 0 radical (unpaired) electrons. The van der Waals surface area contributed by atoms with Crippen molar-refractivity contribution in [3.05, 3.63) is 35.6 Å². The lowest BCUT2D eigenvalue weighted by molar-refractivity contribution is 0.0585. The van der Waals surface area contributed by atoms with Crippen LogP contribution in [0.15, 0.2) is 24.3 Å². The number of hydrogen-bond acceptors (Lipinski definition) is 2. The summed E-state index contributed by atoms with van der Waals surface area (Å²) in [5.74, 6) is -0.177. The van der Waals surface area contributed by atoms with Crippen molar-refractivity contribution in [1.29, 1.82) is 0 Å². The molecule has 17 heavy (non-hydrogen) atoms. The van der Waals surface area contributed by atoms with Crippen molar-refractivity contribution in [3.63, 3.8) is 0 Å². The molecule has 2 rings (SSSR count). The van der Waals surface area contributed by atoms with Crippen molar-refractivity contribution in [2.24, 2.45) is 5.73 Å². The van der Waals surface area contributed by atoms with Gasteiger partial charge in [-0.3, -0.25) is 4.90 Å². The SMILES string of the molecule is CC1(C)CCC(N)CN1Cc1ccc(F)cc1. The van der Waals surface area contributed by atoms with Gasteiger partial charge in [0.2, 0.25) is 0 Å². The summed E-state index contributed by atoms with van der Waals surface area (Å²) in [5.41, 5.74) is 7.35. The van der Waals surface area contributed by atoms with E-state index in [0.29, 0.717) is 0 Å². The molecule has 0 spiro atoms. The van der Waals surface area contributed by atoms with E-state index in [4.69, 9.17) is 5.73 Å². The average molecular weight is 236 g/mol. The fraction of sp³-hybridized carbons (Fsp3) is 0.571. The first-order valence-electron chi connectivity index (χ1n) is 6.22. The predicted octanol–water partition coefficient (Wildman–Crippen LogP) is 2.53. The van der Waals surface area contributed by atoms with Gasteiger partial charge in [-0.05, 0) is 44.4 Å². The minimum Gasteiger partial charge on any atom is -0.327 e. The Balaban J connectivity index is 2.08. The molecule has 2 nitrogen and oxygen atoms in total. The zero-order valence-electron chi connectivity index (χ0n) is 10.6. The summed E-state index contributed by atoms with van der Waals surface area (Å²) in [6.45, 7) is 6.27. The number of nitrogens with zero attached hydrogens (tertiary/aromatic N) is 1. The van der Waals surface area contributed by atoms with Crippen LogP contribution in [0.5, 0.6) is 0 Å². The molecule has 1 aliphatic heterocycles. The Morgan fingerprint density at radius 2 is 2.00 bits per heavy atom. The Morgan fingerprint density at radius 1 is 1.35 bits per heavy atom. The molecule has 2 N–H and O–H groups in total. The minimum atomic E-state index is -0.177. The van der Waals surface area contributed by atoms with Crippen molar-refractivity contribution in [2.45, 2.75) is 44.8 Å². The molecule has 0 saturated carbocycles. The monoisotopic (exact) mass is 236 g/mol. The highest BCUT2D eigenvalue weighted by Crippen LogP contribution is 2.28. The van der Waals surface area contributed by atoms with Crippen molar-refractivity contribution in [1.82, 2.24) is 4.90 Å². The van der Waals surface area contributed by atoms with Crippen LogP contribution in [0.2, 0.25) is 0 Å². The summed E-state index contributed by atoms with van der Waals surface area (Å²) in [5, 5.41) is 0. The third kappa shape index (κ3) is 3.05. The van der Waals surface area contributed by atoms with Gasteiger partial charge in [-0.1, -0.05) is 12.1 Å². The number of piperidine rings is 1.